The van der Waals surface area contributed by atoms with Crippen molar-refractivity contribution in [1.82, 2.24) is 24.3 Å². The molecule has 16 heavy (non-hydrogen) atoms. The number of aromatic nitrogens is 5. The quantitative estimate of drug-likeness (QED) is 0.821. The number of rotatable bonds is 4. The Labute approximate surface area is 98.1 Å². The maximum Gasteiger partial charge on any atom is 0.195 e. The van der Waals surface area contributed by atoms with Crippen LogP contribution in [0.25, 0.3) is 0 Å². The van der Waals surface area contributed by atoms with E-state index in [9.17, 15) is 0 Å². The van der Waals surface area contributed by atoms with Gasteiger partial charge in [-0.3, -0.25) is 5.10 Å². The average molecular weight is 235 g/mol. The van der Waals surface area contributed by atoms with E-state index in [0.717, 1.165) is 23.7 Å². The molecule has 84 valence electrons. The molecule has 0 aromatic carbocycles. The van der Waals surface area contributed by atoms with Gasteiger partial charge in [0.15, 0.2) is 4.77 Å². The molecule has 6 heteroatoms. The second-order valence-corrected chi connectivity index (χ2v) is 4.50. The molecule has 1 saturated carbocycles. The van der Waals surface area contributed by atoms with Crippen molar-refractivity contribution in [2.75, 3.05) is 0 Å². The number of hydrogen-bond acceptors (Lipinski definition) is 3. The Bertz CT molecular complexity index is 520. The van der Waals surface area contributed by atoms with E-state index in [1.165, 1.54) is 12.8 Å². The highest BCUT2D eigenvalue weighted by Gasteiger charge is 2.28. The number of nitrogens with one attached hydrogen (secondary N) is 1. The van der Waals surface area contributed by atoms with E-state index in [0.29, 0.717) is 5.92 Å². The molecule has 0 amide bonds. The summed E-state index contributed by atoms with van der Waals surface area (Å²) in [6, 6.07) is 0. The summed E-state index contributed by atoms with van der Waals surface area (Å²) >= 11 is 5.23. The third-order valence-corrected chi connectivity index (χ3v) is 3.18. The molecule has 0 spiro atoms. The minimum atomic E-state index is 0.621. The van der Waals surface area contributed by atoms with E-state index >= 15 is 0 Å². The van der Waals surface area contributed by atoms with Crippen molar-refractivity contribution in [3.05, 3.63) is 29.3 Å². The Kier molecular flexibility index (Phi) is 2.36. The maximum atomic E-state index is 5.23. The summed E-state index contributed by atoms with van der Waals surface area (Å²) in [5, 5.41) is 7.18. The van der Waals surface area contributed by atoms with Gasteiger partial charge in [-0.25, -0.2) is 4.98 Å². The SMILES string of the molecule is S=c1[nH]nc(C2CC2)n1CCn1ccnc1. The van der Waals surface area contributed by atoms with E-state index in [4.69, 9.17) is 12.2 Å². The van der Waals surface area contributed by atoms with Gasteiger partial charge in [-0.1, -0.05) is 0 Å². The Morgan fingerprint density at radius 3 is 3.00 bits per heavy atom. The van der Waals surface area contributed by atoms with Gasteiger partial charge in [0.05, 0.1) is 6.33 Å². The van der Waals surface area contributed by atoms with Gasteiger partial charge < -0.3 is 9.13 Å². The zero-order valence-electron chi connectivity index (χ0n) is 8.83. The fraction of sp³-hybridized carbons (Fsp3) is 0.500. The molecule has 0 saturated heterocycles. The summed E-state index contributed by atoms with van der Waals surface area (Å²) in [7, 11) is 0. The Hall–Kier alpha value is -1.43. The summed E-state index contributed by atoms with van der Waals surface area (Å²) in [5.74, 6) is 1.74. The van der Waals surface area contributed by atoms with Gasteiger partial charge in [-0.2, -0.15) is 5.10 Å². The highest BCUT2D eigenvalue weighted by molar-refractivity contribution is 7.71. The van der Waals surface area contributed by atoms with Gasteiger partial charge in [0.25, 0.3) is 0 Å². The minimum absolute atomic E-state index is 0.621. The van der Waals surface area contributed by atoms with Crippen molar-refractivity contribution in [2.45, 2.75) is 31.8 Å². The molecular weight excluding hydrogens is 222 g/mol. The van der Waals surface area contributed by atoms with Crippen LogP contribution in [0, 0.1) is 4.77 Å². The topological polar surface area (TPSA) is 51.4 Å². The second-order valence-electron chi connectivity index (χ2n) is 4.11. The molecule has 1 N–H and O–H groups in total. The number of aryl methyl sites for hydroxylation is 1. The monoisotopic (exact) mass is 235 g/mol. The van der Waals surface area contributed by atoms with Crippen LogP contribution in [0.15, 0.2) is 18.7 Å². The molecular formula is C10H13N5S. The molecule has 0 bridgehead atoms. The average Bonchev–Trinajstić information content (AvgIpc) is 2.87. The number of nitrogens with zero attached hydrogens (tertiary/aromatic N) is 4. The lowest BCUT2D eigenvalue weighted by molar-refractivity contribution is 0.554. The standard InChI is InChI=1S/C10H13N5S/c16-10-13-12-9(8-1-2-8)15(10)6-5-14-4-3-11-7-14/h3-4,7-8H,1-2,5-6H2,(H,13,16). The van der Waals surface area contributed by atoms with Crippen molar-refractivity contribution in [2.24, 2.45) is 0 Å². The van der Waals surface area contributed by atoms with Crippen LogP contribution < -0.4 is 0 Å². The Morgan fingerprint density at radius 2 is 2.31 bits per heavy atom. The molecule has 1 fully saturated rings. The van der Waals surface area contributed by atoms with Crippen LogP contribution in [-0.2, 0) is 13.1 Å². The Morgan fingerprint density at radius 1 is 1.44 bits per heavy atom. The number of aromatic amines is 1. The lowest BCUT2D eigenvalue weighted by Gasteiger charge is -2.06. The van der Waals surface area contributed by atoms with Crippen molar-refractivity contribution in [3.63, 3.8) is 0 Å². The largest absolute Gasteiger partial charge is 0.336 e. The van der Waals surface area contributed by atoms with Crippen LogP contribution in [-0.4, -0.2) is 24.3 Å². The van der Waals surface area contributed by atoms with Gasteiger partial charge in [-0.05, 0) is 25.1 Å². The summed E-state index contributed by atoms with van der Waals surface area (Å²) in [4.78, 5) is 4.02. The first-order chi connectivity index (χ1) is 7.84. The molecule has 2 heterocycles. The minimum Gasteiger partial charge on any atom is -0.336 e. The molecule has 2 aromatic heterocycles. The van der Waals surface area contributed by atoms with E-state index < -0.39 is 0 Å². The highest BCUT2D eigenvalue weighted by atomic mass is 32.1. The van der Waals surface area contributed by atoms with Crippen molar-refractivity contribution < 1.29 is 0 Å². The van der Waals surface area contributed by atoms with Crippen LogP contribution >= 0.6 is 12.2 Å². The van der Waals surface area contributed by atoms with E-state index in [-0.39, 0.29) is 0 Å². The molecule has 0 radical (unpaired) electrons. The molecule has 0 atom stereocenters. The highest BCUT2D eigenvalue weighted by Crippen LogP contribution is 2.38. The van der Waals surface area contributed by atoms with Crippen LogP contribution in [0.4, 0.5) is 0 Å². The van der Waals surface area contributed by atoms with Crippen molar-refractivity contribution >= 4 is 12.2 Å². The molecule has 1 aliphatic carbocycles. The molecule has 2 aromatic rings. The van der Waals surface area contributed by atoms with Crippen LogP contribution in [0.2, 0.25) is 0 Å². The van der Waals surface area contributed by atoms with Gasteiger partial charge in [-0.15, -0.1) is 0 Å². The van der Waals surface area contributed by atoms with Crippen LogP contribution in [0.1, 0.15) is 24.6 Å². The van der Waals surface area contributed by atoms with E-state index in [1.54, 1.807) is 6.20 Å². The van der Waals surface area contributed by atoms with Crippen LogP contribution in [0.5, 0.6) is 0 Å². The molecule has 0 unspecified atom stereocenters. The van der Waals surface area contributed by atoms with Gasteiger partial charge in [0.2, 0.25) is 0 Å². The number of H-pyrrole nitrogens is 1. The molecule has 1 aliphatic rings. The zero-order valence-corrected chi connectivity index (χ0v) is 9.65. The maximum absolute atomic E-state index is 5.23. The van der Waals surface area contributed by atoms with E-state index in [1.807, 2.05) is 17.1 Å². The van der Waals surface area contributed by atoms with Gasteiger partial charge in [0.1, 0.15) is 5.82 Å². The third kappa shape index (κ3) is 1.80. The molecule has 0 aliphatic heterocycles. The second kappa shape index (κ2) is 3.86. The molecule has 3 rings (SSSR count). The summed E-state index contributed by atoms with van der Waals surface area (Å²) in [6.07, 6.45) is 8.05. The fourth-order valence-corrected chi connectivity index (χ4v) is 2.06. The normalized spacial score (nSPS) is 15.5. The van der Waals surface area contributed by atoms with Crippen LogP contribution in [0.3, 0.4) is 0 Å². The first-order valence-corrected chi connectivity index (χ1v) is 5.86. The smallest absolute Gasteiger partial charge is 0.195 e. The zero-order chi connectivity index (χ0) is 11.0. The van der Waals surface area contributed by atoms with Gasteiger partial charge in [0, 0.05) is 31.4 Å². The molecule has 5 nitrogen and oxygen atoms in total. The summed E-state index contributed by atoms with van der Waals surface area (Å²) in [6.45, 7) is 1.74. The summed E-state index contributed by atoms with van der Waals surface area (Å²) in [5.41, 5.74) is 0. The summed E-state index contributed by atoms with van der Waals surface area (Å²) < 4.78 is 4.88. The fourth-order valence-electron chi connectivity index (χ4n) is 1.83. The first kappa shape index (κ1) is 9.77. The number of imidazole rings is 1. The predicted molar refractivity (Wildman–Crippen MR) is 61.6 cm³/mol. The van der Waals surface area contributed by atoms with Gasteiger partial charge >= 0.3 is 0 Å². The first-order valence-electron chi connectivity index (χ1n) is 5.45. The Balaban J connectivity index is 1.78. The third-order valence-electron chi connectivity index (χ3n) is 2.87. The van der Waals surface area contributed by atoms with E-state index in [2.05, 4.69) is 19.7 Å². The predicted octanol–water partition coefficient (Wildman–Crippen LogP) is 1.71. The number of hydrogen-bond donors (Lipinski definition) is 1. The lowest BCUT2D eigenvalue weighted by atomic mass is 10.4. The van der Waals surface area contributed by atoms with Crippen molar-refractivity contribution in [1.29, 1.82) is 0 Å². The van der Waals surface area contributed by atoms with Crippen molar-refractivity contribution in [3.8, 4) is 0 Å². The lowest BCUT2D eigenvalue weighted by Crippen LogP contribution is -2.09.